The van der Waals surface area contributed by atoms with Gasteiger partial charge in [0.2, 0.25) is 0 Å². The third-order valence-corrected chi connectivity index (χ3v) is 5.77. The van der Waals surface area contributed by atoms with Gasteiger partial charge in [0.1, 0.15) is 42.7 Å². The molecule has 0 amide bonds. The fraction of sp³-hybridized carbons (Fsp3) is 0.684. The minimum Gasteiger partial charge on any atom is -0.394 e. The Morgan fingerprint density at radius 3 is 2.13 bits per heavy atom. The summed E-state index contributed by atoms with van der Waals surface area (Å²) in [5.41, 5.74) is 4.02. The highest BCUT2D eigenvalue weighted by atomic mass is 16.7. The number of benzene rings is 1. The van der Waals surface area contributed by atoms with E-state index < -0.39 is 73.7 Å². The van der Waals surface area contributed by atoms with E-state index in [1.54, 1.807) is 19.1 Å². The van der Waals surface area contributed by atoms with Crippen LogP contribution < -0.4 is 5.73 Å². The molecule has 2 fully saturated rings. The first-order valence-electron chi connectivity index (χ1n) is 9.71. The number of aliphatic hydroxyl groups is 8. The molecule has 2 heterocycles. The third kappa shape index (κ3) is 4.23. The lowest BCUT2D eigenvalue weighted by Crippen LogP contribution is -2.74. The molecule has 0 radical (unpaired) electrons. The van der Waals surface area contributed by atoms with E-state index >= 15 is 0 Å². The number of aryl methyl sites for hydroxylation is 1. The van der Waals surface area contributed by atoms with Gasteiger partial charge in [-0.25, -0.2) is 0 Å². The van der Waals surface area contributed by atoms with Crippen molar-refractivity contribution in [3.8, 4) is 0 Å². The summed E-state index contributed by atoms with van der Waals surface area (Å²) < 4.78 is 15.7. The number of aliphatic hydroxyl groups excluding tert-OH is 6. The Morgan fingerprint density at radius 1 is 0.935 bits per heavy atom. The minimum absolute atomic E-state index is 0.00273. The van der Waals surface area contributed by atoms with Gasteiger partial charge in [-0.1, -0.05) is 29.8 Å². The van der Waals surface area contributed by atoms with E-state index in [1.165, 1.54) is 12.1 Å². The first kappa shape index (κ1) is 24.4. The van der Waals surface area contributed by atoms with Gasteiger partial charge in [-0.05, 0) is 12.5 Å². The lowest BCUT2D eigenvalue weighted by molar-refractivity contribution is -0.399. The predicted molar refractivity (Wildman–Crippen MR) is 101 cm³/mol. The van der Waals surface area contributed by atoms with Gasteiger partial charge in [0, 0.05) is 0 Å². The molecule has 0 spiro atoms. The summed E-state index contributed by atoms with van der Waals surface area (Å²) in [6.07, 6.45) is -13.0. The Morgan fingerprint density at radius 2 is 1.55 bits per heavy atom. The van der Waals surface area contributed by atoms with Crippen LogP contribution in [0, 0.1) is 6.92 Å². The molecule has 12 heteroatoms. The van der Waals surface area contributed by atoms with Crippen LogP contribution in [0.1, 0.15) is 11.1 Å². The quantitative estimate of drug-likeness (QED) is 0.196. The Bertz CT molecular complexity index is 745. The highest BCUT2D eigenvalue weighted by Crippen LogP contribution is 2.41. The van der Waals surface area contributed by atoms with E-state index in [2.05, 4.69) is 0 Å². The molecule has 2 aliphatic rings. The molecular weight excluding hydrogens is 418 g/mol. The molecular formula is C19H29NO11. The summed E-state index contributed by atoms with van der Waals surface area (Å²) in [5, 5.41) is 81.6. The van der Waals surface area contributed by atoms with Gasteiger partial charge < -0.3 is 55.1 Å². The van der Waals surface area contributed by atoms with Crippen molar-refractivity contribution in [2.75, 3.05) is 13.2 Å². The van der Waals surface area contributed by atoms with Crippen molar-refractivity contribution in [2.24, 2.45) is 5.73 Å². The maximum atomic E-state index is 11.0. The average molecular weight is 447 g/mol. The zero-order chi connectivity index (χ0) is 23.1. The van der Waals surface area contributed by atoms with Crippen LogP contribution in [0.4, 0.5) is 0 Å². The number of rotatable bonds is 5. The summed E-state index contributed by atoms with van der Waals surface area (Å²) in [4.78, 5) is 0. The van der Waals surface area contributed by atoms with Crippen LogP contribution in [0.2, 0.25) is 0 Å². The Balaban J connectivity index is 1.74. The van der Waals surface area contributed by atoms with Crippen molar-refractivity contribution >= 4 is 0 Å². The SMILES string of the molecule is Cc1ccc([C@@]2(O)[C@@H](O)[C@H](O)[C@@H](CO[C@H]3O[C@H](CO)[C@@H](O)[C@H](O)[C@H]3O)O[C@]2(N)O)cc1. The second kappa shape index (κ2) is 8.94. The lowest BCUT2D eigenvalue weighted by atomic mass is 9.78. The molecule has 31 heavy (non-hydrogen) atoms. The highest BCUT2D eigenvalue weighted by molar-refractivity contribution is 5.31. The van der Waals surface area contributed by atoms with Crippen LogP contribution in [0.15, 0.2) is 24.3 Å². The largest absolute Gasteiger partial charge is 0.394 e. The van der Waals surface area contributed by atoms with Crippen LogP contribution in [0.25, 0.3) is 0 Å². The average Bonchev–Trinajstić information content (AvgIpc) is 2.74. The highest BCUT2D eigenvalue weighted by Gasteiger charge is 2.63. The first-order chi connectivity index (χ1) is 14.4. The fourth-order valence-corrected chi connectivity index (χ4v) is 3.77. The van der Waals surface area contributed by atoms with Crippen molar-refractivity contribution in [1.82, 2.24) is 0 Å². The topological polar surface area (TPSA) is 216 Å². The predicted octanol–water partition coefficient (Wildman–Crippen LogP) is -4.28. The van der Waals surface area contributed by atoms with E-state index in [0.29, 0.717) is 0 Å². The zero-order valence-corrected chi connectivity index (χ0v) is 16.7. The smallest absolute Gasteiger partial charge is 0.260 e. The lowest BCUT2D eigenvalue weighted by Gasteiger charge is -2.51. The third-order valence-electron chi connectivity index (χ3n) is 5.77. The summed E-state index contributed by atoms with van der Waals surface area (Å²) >= 11 is 0. The van der Waals surface area contributed by atoms with E-state index in [9.17, 15) is 40.9 Å². The molecule has 0 saturated carbocycles. The summed E-state index contributed by atoms with van der Waals surface area (Å²) in [6.45, 7) is 0.514. The van der Waals surface area contributed by atoms with Gasteiger partial charge in [-0.2, -0.15) is 0 Å². The summed E-state index contributed by atoms with van der Waals surface area (Å²) in [5.74, 6) is -2.84. The number of hydrogen-bond acceptors (Lipinski definition) is 12. The Labute approximate surface area is 177 Å². The first-order valence-corrected chi connectivity index (χ1v) is 9.71. The van der Waals surface area contributed by atoms with Crippen LogP contribution in [0.5, 0.6) is 0 Å². The maximum absolute atomic E-state index is 11.0. The van der Waals surface area contributed by atoms with Gasteiger partial charge in [-0.3, -0.25) is 5.73 Å². The van der Waals surface area contributed by atoms with E-state index in [4.69, 9.17) is 19.9 Å². The number of hydrogen-bond donors (Lipinski definition) is 9. The molecule has 2 aliphatic heterocycles. The normalized spacial score (nSPS) is 46.1. The molecule has 176 valence electrons. The van der Waals surface area contributed by atoms with Crippen LogP contribution in [-0.2, 0) is 19.8 Å². The van der Waals surface area contributed by atoms with E-state index in [1.807, 2.05) is 0 Å². The van der Waals surface area contributed by atoms with Crippen molar-refractivity contribution in [3.05, 3.63) is 35.4 Å². The Kier molecular flexibility index (Phi) is 7.03. The van der Waals surface area contributed by atoms with Gasteiger partial charge in [0.05, 0.1) is 13.2 Å². The molecule has 3 rings (SSSR count). The summed E-state index contributed by atoms with van der Waals surface area (Å²) in [7, 11) is 0. The molecule has 0 aromatic heterocycles. The molecule has 1 aromatic carbocycles. The van der Waals surface area contributed by atoms with Gasteiger partial charge in [-0.15, -0.1) is 0 Å². The van der Waals surface area contributed by atoms with Crippen LogP contribution in [0.3, 0.4) is 0 Å². The second-order valence-corrected chi connectivity index (χ2v) is 7.95. The molecule has 0 unspecified atom stereocenters. The molecule has 0 bridgehead atoms. The number of ether oxygens (including phenoxy) is 3. The van der Waals surface area contributed by atoms with Gasteiger partial charge >= 0.3 is 0 Å². The summed E-state index contributed by atoms with van der Waals surface area (Å²) in [6, 6.07) is 6.04. The van der Waals surface area contributed by atoms with Crippen molar-refractivity contribution in [1.29, 1.82) is 0 Å². The molecule has 2 saturated heterocycles. The monoisotopic (exact) mass is 447 g/mol. The second-order valence-electron chi connectivity index (χ2n) is 7.95. The zero-order valence-electron chi connectivity index (χ0n) is 16.7. The van der Waals surface area contributed by atoms with E-state index in [0.717, 1.165) is 5.56 Å². The molecule has 10 N–H and O–H groups in total. The molecule has 12 nitrogen and oxygen atoms in total. The molecule has 0 aliphatic carbocycles. The van der Waals surface area contributed by atoms with Crippen LogP contribution in [-0.4, -0.2) is 109 Å². The number of nitrogens with two attached hydrogens (primary N) is 1. The Hall–Kier alpha value is -1.26. The van der Waals surface area contributed by atoms with Gasteiger partial charge in [0.15, 0.2) is 11.9 Å². The van der Waals surface area contributed by atoms with E-state index in [-0.39, 0.29) is 5.56 Å². The maximum Gasteiger partial charge on any atom is 0.260 e. The van der Waals surface area contributed by atoms with Crippen molar-refractivity contribution < 1.29 is 55.1 Å². The minimum atomic E-state index is -2.84. The van der Waals surface area contributed by atoms with Crippen molar-refractivity contribution in [2.45, 2.75) is 67.5 Å². The molecule has 10 atom stereocenters. The van der Waals surface area contributed by atoms with Gasteiger partial charge in [0.25, 0.3) is 5.91 Å². The van der Waals surface area contributed by atoms with Crippen molar-refractivity contribution in [3.63, 3.8) is 0 Å². The fourth-order valence-electron chi connectivity index (χ4n) is 3.77. The standard InChI is InChI=1S/C19H29NO11/c1-8-2-4-9(5-3-8)18(27)16(26)13(23)11(31-19(18,20)28)7-29-17-15(25)14(24)12(22)10(6-21)30-17/h2-5,10-17,21-28H,6-7,20H2,1H3/t10-,11-,12-,13-,14+,15-,16+,17+,18-,19-/m1/s1. The van der Waals surface area contributed by atoms with Crippen LogP contribution >= 0.6 is 0 Å². The molecule has 1 aromatic rings.